The standard InChI is InChI=1S/C13H11F4NO/c14-11-6-5-8(13(15,16)17)7-10(11)12(19)18-9-3-1-2-4-9/h1-2,5-7,9H,3-4H2,(H,18,19). The minimum absolute atomic E-state index is 0.179. The predicted molar refractivity (Wildman–Crippen MR) is 61.0 cm³/mol. The maximum atomic E-state index is 13.4. The van der Waals surface area contributed by atoms with Crippen LogP contribution >= 0.6 is 0 Å². The molecule has 6 heteroatoms. The van der Waals surface area contributed by atoms with Gasteiger partial charge >= 0.3 is 6.18 Å². The first kappa shape index (κ1) is 13.6. The van der Waals surface area contributed by atoms with Gasteiger partial charge in [-0.1, -0.05) is 12.2 Å². The first-order chi connectivity index (χ1) is 8.88. The van der Waals surface area contributed by atoms with Gasteiger partial charge in [0.15, 0.2) is 0 Å². The topological polar surface area (TPSA) is 29.1 Å². The highest BCUT2D eigenvalue weighted by molar-refractivity contribution is 5.94. The van der Waals surface area contributed by atoms with Gasteiger partial charge in [0.25, 0.3) is 5.91 Å². The number of hydrogen-bond donors (Lipinski definition) is 1. The van der Waals surface area contributed by atoms with Crippen LogP contribution in [0.1, 0.15) is 28.8 Å². The lowest BCUT2D eigenvalue weighted by molar-refractivity contribution is -0.137. The van der Waals surface area contributed by atoms with E-state index in [1.54, 1.807) is 0 Å². The Hall–Kier alpha value is -1.85. The van der Waals surface area contributed by atoms with Gasteiger partial charge < -0.3 is 5.32 Å². The van der Waals surface area contributed by atoms with Crippen molar-refractivity contribution in [3.05, 3.63) is 47.3 Å². The van der Waals surface area contributed by atoms with Crippen LogP contribution in [0.25, 0.3) is 0 Å². The van der Waals surface area contributed by atoms with Crippen LogP contribution < -0.4 is 5.32 Å². The monoisotopic (exact) mass is 273 g/mol. The van der Waals surface area contributed by atoms with E-state index in [9.17, 15) is 22.4 Å². The lowest BCUT2D eigenvalue weighted by atomic mass is 10.1. The molecular formula is C13H11F4NO. The van der Waals surface area contributed by atoms with Crippen LogP contribution in [-0.4, -0.2) is 11.9 Å². The van der Waals surface area contributed by atoms with Crippen molar-refractivity contribution in [2.75, 3.05) is 0 Å². The summed E-state index contributed by atoms with van der Waals surface area (Å²) in [6.45, 7) is 0. The lowest BCUT2D eigenvalue weighted by Crippen LogP contribution is -2.33. The van der Waals surface area contributed by atoms with Gasteiger partial charge in [-0.2, -0.15) is 13.2 Å². The third kappa shape index (κ3) is 3.13. The highest BCUT2D eigenvalue weighted by Gasteiger charge is 2.32. The van der Waals surface area contributed by atoms with E-state index in [0.717, 1.165) is 0 Å². The summed E-state index contributed by atoms with van der Waals surface area (Å²) in [6.07, 6.45) is 0.317. The zero-order valence-electron chi connectivity index (χ0n) is 9.80. The fourth-order valence-electron chi connectivity index (χ4n) is 1.87. The van der Waals surface area contributed by atoms with Gasteiger partial charge in [-0.05, 0) is 31.0 Å². The molecule has 1 amide bonds. The summed E-state index contributed by atoms with van der Waals surface area (Å²) >= 11 is 0. The summed E-state index contributed by atoms with van der Waals surface area (Å²) in [6, 6.07) is 1.63. The molecular weight excluding hydrogens is 262 g/mol. The zero-order valence-corrected chi connectivity index (χ0v) is 9.80. The molecule has 19 heavy (non-hydrogen) atoms. The van der Waals surface area contributed by atoms with Crippen molar-refractivity contribution >= 4 is 5.91 Å². The van der Waals surface area contributed by atoms with Crippen molar-refractivity contribution < 1.29 is 22.4 Å². The number of alkyl halides is 3. The highest BCUT2D eigenvalue weighted by Crippen LogP contribution is 2.30. The van der Waals surface area contributed by atoms with E-state index in [2.05, 4.69) is 5.32 Å². The number of hydrogen-bond acceptors (Lipinski definition) is 1. The summed E-state index contributed by atoms with van der Waals surface area (Å²) < 4.78 is 50.9. The van der Waals surface area contributed by atoms with Gasteiger partial charge in [0.1, 0.15) is 5.82 Å². The molecule has 0 heterocycles. The molecule has 0 radical (unpaired) electrons. The van der Waals surface area contributed by atoms with Gasteiger partial charge in [-0.15, -0.1) is 0 Å². The first-order valence-corrected chi connectivity index (χ1v) is 5.70. The van der Waals surface area contributed by atoms with Crippen LogP contribution in [0.2, 0.25) is 0 Å². The first-order valence-electron chi connectivity index (χ1n) is 5.70. The number of nitrogens with one attached hydrogen (secondary N) is 1. The second kappa shape index (κ2) is 5.03. The second-order valence-electron chi connectivity index (χ2n) is 4.31. The number of halogens is 4. The molecule has 1 aromatic rings. The Labute approximate surface area is 107 Å². The Bertz CT molecular complexity index is 514. The molecule has 1 N–H and O–H groups in total. The van der Waals surface area contributed by atoms with E-state index in [4.69, 9.17) is 0 Å². The van der Waals surface area contributed by atoms with Crippen molar-refractivity contribution in [1.82, 2.24) is 5.32 Å². The highest BCUT2D eigenvalue weighted by atomic mass is 19.4. The van der Waals surface area contributed by atoms with Gasteiger partial charge in [-0.3, -0.25) is 4.79 Å². The van der Waals surface area contributed by atoms with Crippen molar-refractivity contribution in [2.45, 2.75) is 25.1 Å². The normalized spacial score (nSPS) is 15.8. The van der Waals surface area contributed by atoms with Crippen molar-refractivity contribution in [3.8, 4) is 0 Å². The van der Waals surface area contributed by atoms with Crippen LogP contribution in [0.3, 0.4) is 0 Å². The van der Waals surface area contributed by atoms with E-state index in [1.165, 1.54) is 0 Å². The summed E-state index contributed by atoms with van der Waals surface area (Å²) in [4.78, 5) is 11.8. The third-order valence-corrected chi connectivity index (χ3v) is 2.88. The minimum atomic E-state index is -4.60. The van der Waals surface area contributed by atoms with Crippen molar-refractivity contribution in [1.29, 1.82) is 0 Å². The molecule has 102 valence electrons. The smallest absolute Gasteiger partial charge is 0.349 e. The number of carbonyl (C=O) groups is 1. The Morgan fingerprint density at radius 2 is 1.84 bits per heavy atom. The van der Waals surface area contributed by atoms with E-state index >= 15 is 0 Å². The molecule has 0 atom stereocenters. The average Bonchev–Trinajstić information content (AvgIpc) is 2.80. The summed E-state index contributed by atoms with van der Waals surface area (Å²) in [5.41, 5.74) is -1.62. The van der Waals surface area contributed by atoms with Crippen LogP contribution in [0, 0.1) is 5.82 Å². The second-order valence-corrected chi connectivity index (χ2v) is 4.31. The minimum Gasteiger partial charge on any atom is -0.349 e. The molecule has 1 aliphatic rings. The molecule has 0 spiro atoms. The van der Waals surface area contributed by atoms with Gasteiger partial charge in [-0.25, -0.2) is 4.39 Å². The number of rotatable bonds is 2. The molecule has 1 aromatic carbocycles. The molecule has 0 unspecified atom stereocenters. The number of benzene rings is 1. The van der Waals surface area contributed by atoms with E-state index < -0.39 is 29.0 Å². The summed E-state index contributed by atoms with van der Waals surface area (Å²) in [5.74, 6) is -1.78. The van der Waals surface area contributed by atoms with Gasteiger partial charge in [0.05, 0.1) is 11.1 Å². The molecule has 0 aromatic heterocycles. The Kier molecular flexibility index (Phi) is 3.59. The summed E-state index contributed by atoms with van der Waals surface area (Å²) in [5, 5.41) is 2.51. The van der Waals surface area contributed by atoms with Crippen LogP contribution in [0.5, 0.6) is 0 Å². The Morgan fingerprint density at radius 3 is 2.42 bits per heavy atom. The largest absolute Gasteiger partial charge is 0.416 e. The van der Waals surface area contributed by atoms with Crippen LogP contribution in [-0.2, 0) is 6.18 Å². The van der Waals surface area contributed by atoms with Gasteiger partial charge in [0, 0.05) is 6.04 Å². The average molecular weight is 273 g/mol. The Morgan fingerprint density at radius 1 is 1.21 bits per heavy atom. The number of carbonyl (C=O) groups excluding carboxylic acids is 1. The number of amides is 1. The van der Waals surface area contributed by atoms with Gasteiger partial charge in [0.2, 0.25) is 0 Å². The molecule has 2 nitrogen and oxygen atoms in total. The molecule has 2 rings (SSSR count). The van der Waals surface area contributed by atoms with Crippen LogP contribution in [0.4, 0.5) is 17.6 Å². The SMILES string of the molecule is O=C(NC1CC=CC1)c1cc(C(F)(F)F)ccc1F. The third-order valence-electron chi connectivity index (χ3n) is 2.88. The zero-order chi connectivity index (χ0) is 14.0. The van der Waals surface area contributed by atoms with Crippen molar-refractivity contribution in [2.24, 2.45) is 0 Å². The molecule has 0 bridgehead atoms. The Balaban J connectivity index is 2.20. The maximum absolute atomic E-state index is 13.4. The fourth-order valence-corrected chi connectivity index (χ4v) is 1.87. The lowest BCUT2D eigenvalue weighted by Gasteiger charge is -2.14. The molecule has 0 saturated heterocycles. The van der Waals surface area contributed by atoms with Crippen molar-refractivity contribution in [3.63, 3.8) is 0 Å². The predicted octanol–water partition coefficient (Wildman–Crippen LogP) is 3.29. The molecule has 0 fully saturated rings. The summed E-state index contributed by atoms with van der Waals surface area (Å²) in [7, 11) is 0. The van der Waals surface area contributed by atoms with E-state index in [1.807, 2.05) is 12.2 Å². The van der Waals surface area contributed by atoms with E-state index in [-0.39, 0.29) is 6.04 Å². The molecule has 0 saturated carbocycles. The quantitative estimate of drug-likeness (QED) is 0.650. The molecule has 1 aliphatic carbocycles. The molecule has 0 aliphatic heterocycles. The maximum Gasteiger partial charge on any atom is 0.416 e. The fraction of sp³-hybridized carbons (Fsp3) is 0.308. The van der Waals surface area contributed by atoms with Crippen LogP contribution in [0.15, 0.2) is 30.4 Å². The van der Waals surface area contributed by atoms with E-state index in [0.29, 0.717) is 31.0 Å².